The van der Waals surface area contributed by atoms with E-state index in [1.807, 2.05) is 12.1 Å². The molecule has 94 valence electrons. The van der Waals surface area contributed by atoms with Gasteiger partial charge in [0, 0.05) is 0 Å². The second-order valence-electron chi connectivity index (χ2n) is 4.77. The average Bonchev–Trinajstić information content (AvgIpc) is 2.39. The molecule has 0 saturated carbocycles. The summed E-state index contributed by atoms with van der Waals surface area (Å²) in [7, 11) is 1.51. The summed E-state index contributed by atoms with van der Waals surface area (Å²) in [6.45, 7) is 4.41. The molecule has 2 nitrogen and oxygen atoms in total. The zero-order chi connectivity index (χ0) is 12.3. The summed E-state index contributed by atoms with van der Waals surface area (Å²) < 4.78 is 18.4. The summed E-state index contributed by atoms with van der Waals surface area (Å²) in [5, 5.41) is 3.37. The summed E-state index contributed by atoms with van der Waals surface area (Å²) in [4.78, 5) is 0. The second-order valence-corrected chi connectivity index (χ2v) is 4.77. The molecule has 2 rings (SSSR count). The average molecular weight is 237 g/mol. The van der Waals surface area contributed by atoms with Gasteiger partial charge >= 0.3 is 0 Å². The van der Waals surface area contributed by atoms with Crippen LogP contribution in [0.4, 0.5) is 4.39 Å². The van der Waals surface area contributed by atoms with Gasteiger partial charge in [-0.25, -0.2) is 4.39 Å². The van der Waals surface area contributed by atoms with Gasteiger partial charge in [-0.1, -0.05) is 13.0 Å². The molecule has 1 aromatic rings. The lowest BCUT2D eigenvalue weighted by Crippen LogP contribution is -2.30. The number of halogens is 1. The molecule has 1 heterocycles. The van der Waals surface area contributed by atoms with Crippen LogP contribution in [0.5, 0.6) is 5.75 Å². The third kappa shape index (κ3) is 2.78. The highest BCUT2D eigenvalue weighted by atomic mass is 19.1. The van der Waals surface area contributed by atoms with E-state index in [0.29, 0.717) is 17.6 Å². The molecule has 1 N–H and O–H groups in total. The largest absolute Gasteiger partial charge is 0.494 e. The Labute approximate surface area is 102 Å². The van der Waals surface area contributed by atoms with Crippen LogP contribution >= 0.6 is 0 Å². The molecule has 0 radical (unpaired) electrons. The van der Waals surface area contributed by atoms with Crippen molar-refractivity contribution >= 4 is 0 Å². The molecular formula is C14H20FNO. The standard InChI is InChI=1S/C14H20FNO/c1-10(11-5-7-16-8-6-11)12-3-4-13(15)14(9-12)17-2/h3-4,9-11,16H,5-8H2,1-2H3. The summed E-state index contributed by atoms with van der Waals surface area (Å²) in [5.41, 5.74) is 1.18. The molecular weight excluding hydrogens is 217 g/mol. The Morgan fingerprint density at radius 2 is 2.06 bits per heavy atom. The van der Waals surface area contributed by atoms with Gasteiger partial charge in [0.25, 0.3) is 0 Å². The topological polar surface area (TPSA) is 21.3 Å². The van der Waals surface area contributed by atoms with Crippen LogP contribution in [0.1, 0.15) is 31.2 Å². The van der Waals surface area contributed by atoms with Gasteiger partial charge in [-0.05, 0) is 55.5 Å². The van der Waals surface area contributed by atoms with E-state index in [-0.39, 0.29) is 5.82 Å². The van der Waals surface area contributed by atoms with E-state index in [2.05, 4.69) is 12.2 Å². The Morgan fingerprint density at radius 1 is 1.35 bits per heavy atom. The maximum absolute atomic E-state index is 13.3. The third-order valence-corrected chi connectivity index (χ3v) is 3.79. The van der Waals surface area contributed by atoms with Crippen LogP contribution in [0.25, 0.3) is 0 Å². The van der Waals surface area contributed by atoms with Crippen molar-refractivity contribution in [1.82, 2.24) is 5.32 Å². The summed E-state index contributed by atoms with van der Waals surface area (Å²) >= 11 is 0. The number of ether oxygens (including phenoxy) is 1. The predicted molar refractivity (Wildman–Crippen MR) is 67.0 cm³/mol. The molecule has 1 unspecified atom stereocenters. The number of hydrogen-bond donors (Lipinski definition) is 1. The van der Waals surface area contributed by atoms with Gasteiger partial charge in [0.05, 0.1) is 7.11 Å². The van der Waals surface area contributed by atoms with Gasteiger partial charge in [0.1, 0.15) is 0 Å². The molecule has 0 amide bonds. The van der Waals surface area contributed by atoms with E-state index < -0.39 is 0 Å². The lowest BCUT2D eigenvalue weighted by atomic mass is 9.82. The molecule has 1 aromatic carbocycles. The molecule has 0 bridgehead atoms. The highest BCUT2D eigenvalue weighted by Crippen LogP contribution is 2.32. The van der Waals surface area contributed by atoms with Crippen LogP contribution in [0.2, 0.25) is 0 Å². The number of nitrogens with one attached hydrogen (secondary N) is 1. The molecule has 1 saturated heterocycles. The highest BCUT2D eigenvalue weighted by molar-refractivity contribution is 5.32. The van der Waals surface area contributed by atoms with Gasteiger partial charge in [0.2, 0.25) is 0 Å². The first-order valence-corrected chi connectivity index (χ1v) is 6.26. The van der Waals surface area contributed by atoms with Gasteiger partial charge in [0.15, 0.2) is 11.6 Å². The van der Waals surface area contributed by atoms with Gasteiger partial charge in [-0.2, -0.15) is 0 Å². The smallest absolute Gasteiger partial charge is 0.165 e. The minimum atomic E-state index is -0.284. The molecule has 1 fully saturated rings. The fourth-order valence-electron chi connectivity index (χ4n) is 2.58. The molecule has 0 aromatic heterocycles. The van der Waals surface area contributed by atoms with Crippen LogP contribution in [-0.4, -0.2) is 20.2 Å². The fourth-order valence-corrected chi connectivity index (χ4v) is 2.58. The predicted octanol–water partition coefficient (Wildman–Crippen LogP) is 2.94. The van der Waals surface area contributed by atoms with E-state index in [1.54, 1.807) is 0 Å². The Balaban J connectivity index is 2.15. The van der Waals surface area contributed by atoms with Crippen molar-refractivity contribution in [2.45, 2.75) is 25.7 Å². The first kappa shape index (κ1) is 12.4. The van der Waals surface area contributed by atoms with Crippen LogP contribution in [0.15, 0.2) is 18.2 Å². The summed E-state index contributed by atoms with van der Waals surface area (Å²) in [6.07, 6.45) is 2.39. The van der Waals surface area contributed by atoms with Crippen LogP contribution in [-0.2, 0) is 0 Å². The Bertz CT molecular complexity index is 374. The van der Waals surface area contributed by atoms with E-state index in [4.69, 9.17) is 4.74 Å². The fraction of sp³-hybridized carbons (Fsp3) is 0.571. The van der Waals surface area contributed by atoms with Gasteiger partial charge < -0.3 is 10.1 Å². The molecule has 1 atom stereocenters. The van der Waals surface area contributed by atoms with Gasteiger partial charge in [-0.15, -0.1) is 0 Å². The molecule has 1 aliphatic rings. The van der Waals surface area contributed by atoms with E-state index in [9.17, 15) is 4.39 Å². The maximum atomic E-state index is 13.3. The second kappa shape index (κ2) is 5.50. The number of rotatable bonds is 3. The molecule has 3 heteroatoms. The monoisotopic (exact) mass is 237 g/mol. The maximum Gasteiger partial charge on any atom is 0.165 e. The van der Waals surface area contributed by atoms with Crippen molar-refractivity contribution < 1.29 is 9.13 Å². The van der Waals surface area contributed by atoms with Crippen molar-refractivity contribution in [2.24, 2.45) is 5.92 Å². The molecule has 0 spiro atoms. The van der Waals surface area contributed by atoms with Gasteiger partial charge in [-0.3, -0.25) is 0 Å². The Morgan fingerprint density at radius 3 is 2.71 bits per heavy atom. The zero-order valence-electron chi connectivity index (χ0n) is 10.5. The normalized spacial score (nSPS) is 19.0. The van der Waals surface area contributed by atoms with Crippen molar-refractivity contribution in [3.05, 3.63) is 29.6 Å². The molecule has 1 aliphatic heterocycles. The SMILES string of the molecule is COc1cc(C(C)C2CCNCC2)ccc1F. The highest BCUT2D eigenvalue weighted by Gasteiger charge is 2.21. The Kier molecular flexibility index (Phi) is 4.00. The van der Waals surface area contributed by atoms with Crippen molar-refractivity contribution in [3.63, 3.8) is 0 Å². The number of methoxy groups -OCH3 is 1. The van der Waals surface area contributed by atoms with Crippen LogP contribution < -0.4 is 10.1 Å². The zero-order valence-corrected chi connectivity index (χ0v) is 10.5. The van der Waals surface area contributed by atoms with Crippen LogP contribution in [0.3, 0.4) is 0 Å². The van der Waals surface area contributed by atoms with Crippen LogP contribution in [0, 0.1) is 11.7 Å². The summed E-state index contributed by atoms with van der Waals surface area (Å²) in [6, 6.07) is 5.22. The lowest BCUT2D eigenvalue weighted by Gasteiger charge is -2.28. The van der Waals surface area contributed by atoms with E-state index in [1.165, 1.54) is 31.6 Å². The minimum absolute atomic E-state index is 0.284. The van der Waals surface area contributed by atoms with E-state index in [0.717, 1.165) is 13.1 Å². The quantitative estimate of drug-likeness (QED) is 0.872. The number of piperidine rings is 1. The minimum Gasteiger partial charge on any atom is -0.494 e. The lowest BCUT2D eigenvalue weighted by molar-refractivity contribution is 0.328. The van der Waals surface area contributed by atoms with E-state index >= 15 is 0 Å². The first-order valence-electron chi connectivity index (χ1n) is 6.26. The first-order chi connectivity index (χ1) is 8.22. The number of benzene rings is 1. The molecule has 0 aliphatic carbocycles. The van der Waals surface area contributed by atoms with Crippen molar-refractivity contribution in [1.29, 1.82) is 0 Å². The Hall–Kier alpha value is -1.09. The third-order valence-electron chi connectivity index (χ3n) is 3.79. The summed E-state index contributed by atoms with van der Waals surface area (Å²) in [5.74, 6) is 1.22. The number of hydrogen-bond acceptors (Lipinski definition) is 2. The van der Waals surface area contributed by atoms with Crippen molar-refractivity contribution in [3.8, 4) is 5.75 Å². The molecule has 17 heavy (non-hydrogen) atoms. The van der Waals surface area contributed by atoms with Crippen molar-refractivity contribution in [2.75, 3.05) is 20.2 Å².